The lowest BCUT2D eigenvalue weighted by molar-refractivity contribution is -0.937. The van der Waals surface area contributed by atoms with Gasteiger partial charge in [0.2, 0.25) is 12.0 Å². The SMILES string of the molecule is C[C@H](O/N=C(\C(=O)C[C@@H]1C(=O)N2C(C(=O)O)=C(C[N+]3(C4CCN(C(=O)c5cc(Cl)c(O)c(O)c5Cl)CC4)CCCC3)CS[C@H]12)c1nc(N)sc1Cl)C(=O)O. The van der Waals surface area contributed by atoms with Crippen molar-refractivity contribution >= 4 is 98.3 Å². The molecule has 1 aromatic carbocycles. The molecule has 6 N–H and O–H groups in total. The van der Waals surface area contributed by atoms with E-state index in [9.17, 15) is 44.4 Å². The quantitative estimate of drug-likeness (QED) is 0.0669. The molecule has 0 unspecified atom stereocenters. The maximum Gasteiger partial charge on any atom is 0.352 e. The van der Waals surface area contributed by atoms with Crippen LogP contribution in [0.2, 0.25) is 14.4 Å². The fraction of sp³-hybridized carbons (Fsp3) is 0.485. The number of fused-ring (bicyclic) bond motifs is 1. The first-order chi connectivity index (χ1) is 25.5. The third kappa shape index (κ3) is 7.43. The van der Waals surface area contributed by atoms with Crippen LogP contribution in [0.25, 0.3) is 0 Å². The molecule has 290 valence electrons. The van der Waals surface area contributed by atoms with Crippen molar-refractivity contribution in [2.24, 2.45) is 11.1 Å². The van der Waals surface area contributed by atoms with E-state index in [0.717, 1.165) is 37.3 Å². The van der Waals surface area contributed by atoms with Gasteiger partial charge in [-0.3, -0.25) is 19.3 Å². The van der Waals surface area contributed by atoms with Crippen molar-refractivity contribution in [1.82, 2.24) is 14.8 Å². The van der Waals surface area contributed by atoms with Gasteiger partial charge in [0.1, 0.15) is 22.3 Å². The van der Waals surface area contributed by atoms with Crippen LogP contribution in [-0.4, -0.2) is 131 Å². The van der Waals surface area contributed by atoms with Gasteiger partial charge in [0.05, 0.1) is 46.0 Å². The van der Waals surface area contributed by atoms with Crippen LogP contribution in [0, 0.1) is 5.92 Å². The van der Waals surface area contributed by atoms with Crippen LogP contribution in [0.5, 0.6) is 11.5 Å². The molecule has 3 atom stereocenters. The first-order valence-corrected chi connectivity index (χ1v) is 19.9. The van der Waals surface area contributed by atoms with Gasteiger partial charge in [-0.05, 0) is 13.0 Å². The van der Waals surface area contributed by atoms with E-state index in [1.807, 2.05) is 0 Å². The van der Waals surface area contributed by atoms with Crippen molar-refractivity contribution in [3.8, 4) is 11.5 Å². The van der Waals surface area contributed by atoms with Gasteiger partial charge in [-0.1, -0.05) is 51.3 Å². The van der Waals surface area contributed by atoms with E-state index in [-0.39, 0.29) is 48.9 Å². The lowest BCUT2D eigenvalue weighted by Crippen LogP contribution is -2.63. The summed E-state index contributed by atoms with van der Waals surface area (Å²) < 4.78 is 0.630. The number of nitrogens with zero attached hydrogens (tertiary/aromatic N) is 5. The number of oxime groups is 1. The second-order valence-electron chi connectivity index (χ2n) is 13.6. The number of anilines is 1. The van der Waals surface area contributed by atoms with Gasteiger partial charge >= 0.3 is 11.9 Å². The monoisotopic (exact) mass is 845 g/mol. The second kappa shape index (κ2) is 15.7. The molecule has 3 saturated heterocycles. The van der Waals surface area contributed by atoms with Crippen LogP contribution in [-0.2, 0) is 24.0 Å². The number of phenols is 2. The first kappa shape index (κ1) is 39.9. The summed E-state index contributed by atoms with van der Waals surface area (Å²) in [5.41, 5.74) is 5.75. The van der Waals surface area contributed by atoms with E-state index in [2.05, 4.69) is 10.1 Å². The van der Waals surface area contributed by atoms with Crippen molar-refractivity contribution in [2.45, 2.75) is 56.5 Å². The second-order valence-corrected chi connectivity index (χ2v) is 17.1. The van der Waals surface area contributed by atoms with Crippen LogP contribution >= 0.6 is 57.9 Å². The number of quaternary nitrogens is 1. The maximum absolute atomic E-state index is 13.7. The molecule has 0 spiro atoms. The highest BCUT2D eigenvalue weighted by Crippen LogP contribution is 2.47. The number of ketones is 1. The average molecular weight is 847 g/mol. The number of carboxylic acids is 2. The normalized spacial score (nSPS) is 22.1. The predicted molar refractivity (Wildman–Crippen MR) is 200 cm³/mol. The summed E-state index contributed by atoms with van der Waals surface area (Å²) >= 11 is 20.7. The number of β-lactam (4-membered cyclic amide) rings is 1. The van der Waals surface area contributed by atoms with Crippen LogP contribution in [0.4, 0.5) is 5.13 Å². The van der Waals surface area contributed by atoms with Gasteiger partial charge < -0.3 is 40.4 Å². The van der Waals surface area contributed by atoms with E-state index in [1.54, 1.807) is 4.90 Å². The number of likely N-dealkylation sites (tertiary alicyclic amines) is 2. The number of aromatic hydroxyl groups is 2. The molecule has 1 aromatic heterocycles. The van der Waals surface area contributed by atoms with E-state index < -0.39 is 64.1 Å². The van der Waals surface area contributed by atoms with Gasteiger partial charge in [-0.2, -0.15) is 0 Å². The Morgan fingerprint density at radius 3 is 2.37 bits per heavy atom. The molecular weight excluding hydrogens is 811 g/mol. The van der Waals surface area contributed by atoms with Gasteiger partial charge in [0.15, 0.2) is 28.1 Å². The molecule has 2 amide bonds. The van der Waals surface area contributed by atoms with Gasteiger partial charge in [-0.15, -0.1) is 11.8 Å². The number of rotatable bonds is 12. The summed E-state index contributed by atoms with van der Waals surface area (Å²) in [5.74, 6) is -6.11. The zero-order chi connectivity index (χ0) is 39.2. The number of nitrogens with two attached hydrogens (primary N) is 1. The Morgan fingerprint density at radius 1 is 1.11 bits per heavy atom. The minimum atomic E-state index is -1.41. The Bertz CT molecular complexity index is 1980. The molecule has 0 aliphatic carbocycles. The van der Waals surface area contributed by atoms with E-state index in [4.69, 9.17) is 45.4 Å². The minimum Gasteiger partial charge on any atom is -0.503 e. The molecule has 54 heavy (non-hydrogen) atoms. The number of aliphatic carboxylic acids is 2. The molecular formula is C33H36Cl3N6O10S2+. The van der Waals surface area contributed by atoms with Crippen molar-refractivity contribution in [2.75, 3.05) is 44.2 Å². The number of phenolic OH excluding ortho intramolecular Hbond substituents is 2. The number of thiazole rings is 1. The van der Waals surface area contributed by atoms with Crippen LogP contribution in [0.3, 0.4) is 0 Å². The Labute approximate surface area is 331 Å². The van der Waals surface area contributed by atoms with Crippen molar-refractivity contribution < 1.29 is 53.7 Å². The number of aromatic nitrogens is 1. The lowest BCUT2D eigenvalue weighted by atomic mass is 9.89. The number of halogens is 3. The molecule has 6 rings (SSSR count). The number of hydrogen-bond acceptors (Lipinski definition) is 13. The van der Waals surface area contributed by atoms with Crippen LogP contribution in [0.1, 0.15) is 55.1 Å². The Morgan fingerprint density at radius 2 is 1.78 bits per heavy atom. The molecule has 4 aliphatic rings. The summed E-state index contributed by atoms with van der Waals surface area (Å²) in [6.07, 6.45) is 1.32. The van der Waals surface area contributed by atoms with Crippen molar-refractivity contribution in [3.05, 3.63) is 43.0 Å². The molecule has 3 fully saturated rings. The standard InChI is InChI=1S/C33H35Cl3N6O10S2/c1-14(31(48)49)52-39-22(23-27(36)54-33(37)38-23)20(43)11-18-29(47)41-24(32(50)51)15(13-53-30(18)41)12-42(8-2-3-9-42)16-4-6-40(7-5-16)28(46)17-10-19(34)25(44)26(45)21(17)35/h10,14,16,18,30H,2-9,11-13H2,1H3,(H5-,37,38,39,43,44,45,46,48,49,50,51)/p+1/t14-,18+,30+/m0/s1. The number of nitrogen functional groups attached to an aromatic ring is 1. The number of hydrogen-bond donors (Lipinski definition) is 5. The highest BCUT2D eigenvalue weighted by molar-refractivity contribution is 8.00. The predicted octanol–water partition coefficient (Wildman–Crippen LogP) is 4.04. The van der Waals surface area contributed by atoms with Crippen molar-refractivity contribution in [1.29, 1.82) is 0 Å². The largest absolute Gasteiger partial charge is 0.503 e. The Kier molecular flexibility index (Phi) is 11.6. The molecule has 0 saturated carbocycles. The summed E-state index contributed by atoms with van der Waals surface area (Å²) in [7, 11) is 0. The summed E-state index contributed by atoms with van der Waals surface area (Å²) in [6.45, 7) is 3.98. The summed E-state index contributed by atoms with van der Waals surface area (Å²) in [6, 6.07) is 1.33. The summed E-state index contributed by atoms with van der Waals surface area (Å²) in [4.78, 5) is 76.7. The highest BCUT2D eigenvalue weighted by Gasteiger charge is 2.55. The number of Topliss-reactive ketones (excluding diaryl/α,β-unsaturated/α-hetero) is 1. The number of thioether (sulfide) groups is 1. The zero-order valence-electron chi connectivity index (χ0n) is 28.7. The van der Waals surface area contributed by atoms with Crippen LogP contribution < -0.4 is 5.73 Å². The smallest absolute Gasteiger partial charge is 0.352 e. The molecule has 2 aromatic rings. The number of benzene rings is 1. The molecule has 0 radical (unpaired) electrons. The molecule has 16 nitrogen and oxygen atoms in total. The molecule has 4 aliphatic heterocycles. The Balaban J connectivity index is 1.17. The number of carbonyl (C=O) groups excluding carboxylic acids is 3. The van der Waals surface area contributed by atoms with Gasteiger partial charge in [-0.25, -0.2) is 14.6 Å². The molecule has 0 bridgehead atoms. The first-order valence-electron chi connectivity index (χ1n) is 16.9. The molecule has 21 heteroatoms. The third-order valence-electron chi connectivity index (χ3n) is 10.4. The highest BCUT2D eigenvalue weighted by atomic mass is 35.5. The van der Waals surface area contributed by atoms with E-state index in [1.165, 1.54) is 29.7 Å². The van der Waals surface area contributed by atoms with Crippen molar-refractivity contribution in [3.63, 3.8) is 0 Å². The number of carbonyl (C=O) groups is 5. The van der Waals surface area contributed by atoms with E-state index in [0.29, 0.717) is 48.3 Å². The third-order valence-corrected chi connectivity index (χ3v) is 13.5. The lowest BCUT2D eigenvalue weighted by Gasteiger charge is -2.51. The zero-order valence-corrected chi connectivity index (χ0v) is 32.6. The number of amides is 2. The number of carboxylic acid groups (broad SMARTS) is 2. The van der Waals surface area contributed by atoms with E-state index >= 15 is 0 Å². The molecule has 5 heterocycles. The topological polar surface area (TPSA) is 233 Å². The average Bonchev–Trinajstić information content (AvgIpc) is 3.76. The summed E-state index contributed by atoms with van der Waals surface area (Å²) in [5, 5.41) is 42.3. The van der Waals surface area contributed by atoms with Crippen LogP contribution in [0.15, 0.2) is 22.5 Å². The van der Waals surface area contributed by atoms with Gasteiger partial charge in [0.25, 0.3) is 5.91 Å². The fourth-order valence-corrected chi connectivity index (χ4v) is 10.4. The minimum absolute atomic E-state index is 0.0173. The number of piperidine rings is 1. The fourth-order valence-electron chi connectivity index (χ4n) is 7.65. The van der Waals surface area contributed by atoms with Gasteiger partial charge in [0, 0.05) is 56.5 Å². The maximum atomic E-state index is 13.7. The Hall–Kier alpha value is -3.81.